The smallest absolute Gasteiger partial charge is 0.328 e. The molecular weight excluding hydrogens is 270 g/mol. The molecule has 2 bridgehead atoms. The van der Waals surface area contributed by atoms with Gasteiger partial charge in [-0.2, -0.15) is 0 Å². The van der Waals surface area contributed by atoms with Gasteiger partial charge in [-0.05, 0) is 43.9 Å². The Morgan fingerprint density at radius 3 is 2.86 bits per heavy atom. The standard InChI is InChI=1S/C15H21N3O3/c1-9(12-7-10-2-3-11(12)6-10)16-14(20)8-18-5-4-13(19)17-15(18)21/h4-5,9-12H,2-3,6-8H2,1H3,(H,16,20)(H,17,19,21). The van der Waals surface area contributed by atoms with E-state index in [4.69, 9.17) is 0 Å². The fourth-order valence-electron chi connectivity index (χ4n) is 4.04. The third kappa shape index (κ3) is 2.94. The zero-order valence-corrected chi connectivity index (χ0v) is 12.2. The molecule has 114 valence electrons. The van der Waals surface area contributed by atoms with Crippen LogP contribution in [0.25, 0.3) is 0 Å². The van der Waals surface area contributed by atoms with Gasteiger partial charge < -0.3 is 5.32 Å². The van der Waals surface area contributed by atoms with Crippen molar-refractivity contribution < 1.29 is 4.79 Å². The number of aromatic amines is 1. The van der Waals surface area contributed by atoms with Gasteiger partial charge in [0, 0.05) is 18.3 Å². The summed E-state index contributed by atoms with van der Waals surface area (Å²) < 4.78 is 1.21. The van der Waals surface area contributed by atoms with Crippen molar-refractivity contribution in [3.8, 4) is 0 Å². The zero-order valence-electron chi connectivity index (χ0n) is 12.2. The van der Waals surface area contributed by atoms with Crippen LogP contribution in [0, 0.1) is 17.8 Å². The number of fused-ring (bicyclic) bond motifs is 2. The van der Waals surface area contributed by atoms with Gasteiger partial charge in [0.25, 0.3) is 5.56 Å². The summed E-state index contributed by atoms with van der Waals surface area (Å²) in [5, 5.41) is 3.01. The Morgan fingerprint density at radius 2 is 2.24 bits per heavy atom. The minimum absolute atomic E-state index is 0.0548. The highest BCUT2D eigenvalue weighted by Crippen LogP contribution is 2.49. The summed E-state index contributed by atoms with van der Waals surface area (Å²) in [5.74, 6) is 1.99. The molecule has 2 aliphatic carbocycles. The lowest BCUT2D eigenvalue weighted by atomic mass is 9.84. The first-order chi connectivity index (χ1) is 10.0. The lowest BCUT2D eigenvalue weighted by Crippen LogP contribution is -2.43. The van der Waals surface area contributed by atoms with Crippen LogP contribution < -0.4 is 16.6 Å². The van der Waals surface area contributed by atoms with Crippen LogP contribution in [-0.4, -0.2) is 21.5 Å². The Kier molecular flexibility index (Phi) is 3.69. The Labute approximate surface area is 122 Å². The monoisotopic (exact) mass is 291 g/mol. The number of nitrogens with zero attached hydrogens (tertiary/aromatic N) is 1. The van der Waals surface area contributed by atoms with Crippen LogP contribution >= 0.6 is 0 Å². The first-order valence-electron chi connectivity index (χ1n) is 7.62. The maximum absolute atomic E-state index is 12.1. The van der Waals surface area contributed by atoms with Crippen molar-refractivity contribution in [3.05, 3.63) is 33.1 Å². The van der Waals surface area contributed by atoms with Gasteiger partial charge in [-0.1, -0.05) is 6.42 Å². The Bertz CT molecular complexity index is 648. The number of carbonyl (C=O) groups excluding carboxylic acids is 1. The number of hydrogen-bond acceptors (Lipinski definition) is 3. The number of nitrogens with one attached hydrogen (secondary N) is 2. The minimum Gasteiger partial charge on any atom is -0.352 e. The van der Waals surface area contributed by atoms with Gasteiger partial charge in [-0.3, -0.25) is 19.1 Å². The quantitative estimate of drug-likeness (QED) is 0.846. The third-order valence-corrected chi connectivity index (χ3v) is 5.03. The molecule has 1 amide bonds. The molecule has 4 unspecified atom stereocenters. The van der Waals surface area contributed by atoms with Crippen molar-refractivity contribution >= 4 is 5.91 Å². The number of amides is 1. The van der Waals surface area contributed by atoms with E-state index in [1.54, 1.807) is 0 Å². The van der Waals surface area contributed by atoms with E-state index in [0.29, 0.717) is 5.92 Å². The molecular formula is C15H21N3O3. The summed E-state index contributed by atoms with van der Waals surface area (Å²) in [6.45, 7) is 2.00. The molecule has 2 aliphatic rings. The van der Waals surface area contributed by atoms with E-state index in [-0.39, 0.29) is 18.5 Å². The van der Waals surface area contributed by atoms with Crippen LogP contribution in [-0.2, 0) is 11.3 Å². The molecule has 3 rings (SSSR count). The Morgan fingerprint density at radius 1 is 1.43 bits per heavy atom. The predicted molar refractivity (Wildman–Crippen MR) is 77.9 cm³/mol. The molecule has 1 heterocycles. The van der Waals surface area contributed by atoms with Gasteiger partial charge in [0.15, 0.2) is 0 Å². The average Bonchev–Trinajstić information content (AvgIpc) is 3.04. The number of aromatic nitrogens is 2. The number of hydrogen-bond donors (Lipinski definition) is 2. The van der Waals surface area contributed by atoms with Crippen LogP contribution in [0.2, 0.25) is 0 Å². The van der Waals surface area contributed by atoms with Crippen LogP contribution in [0.5, 0.6) is 0 Å². The first kappa shape index (κ1) is 14.1. The van der Waals surface area contributed by atoms with E-state index >= 15 is 0 Å². The van der Waals surface area contributed by atoms with Gasteiger partial charge >= 0.3 is 5.69 Å². The summed E-state index contributed by atoms with van der Waals surface area (Å²) in [6, 6.07) is 1.39. The highest BCUT2D eigenvalue weighted by Gasteiger charge is 2.42. The van der Waals surface area contributed by atoms with E-state index in [1.807, 2.05) is 0 Å². The molecule has 0 saturated heterocycles. The van der Waals surface area contributed by atoms with Crippen molar-refractivity contribution in [2.24, 2.45) is 17.8 Å². The van der Waals surface area contributed by atoms with Gasteiger partial charge in [-0.15, -0.1) is 0 Å². The van der Waals surface area contributed by atoms with Gasteiger partial charge in [0.2, 0.25) is 5.91 Å². The molecule has 0 aliphatic heterocycles. The molecule has 1 aromatic heterocycles. The molecule has 1 aromatic rings. The average molecular weight is 291 g/mol. The van der Waals surface area contributed by atoms with Crippen molar-refractivity contribution in [3.63, 3.8) is 0 Å². The summed E-state index contributed by atoms with van der Waals surface area (Å²) in [5.41, 5.74) is -1.00. The molecule has 0 spiro atoms. The van der Waals surface area contributed by atoms with E-state index in [0.717, 1.165) is 11.8 Å². The molecule has 4 atom stereocenters. The van der Waals surface area contributed by atoms with E-state index in [2.05, 4.69) is 17.2 Å². The second-order valence-corrected chi connectivity index (χ2v) is 6.43. The van der Waals surface area contributed by atoms with Crippen molar-refractivity contribution in [2.45, 2.75) is 45.2 Å². The highest BCUT2D eigenvalue weighted by molar-refractivity contribution is 5.76. The largest absolute Gasteiger partial charge is 0.352 e. The molecule has 21 heavy (non-hydrogen) atoms. The van der Waals surface area contributed by atoms with Crippen LogP contribution in [0.3, 0.4) is 0 Å². The Balaban J connectivity index is 1.59. The maximum Gasteiger partial charge on any atom is 0.328 e. The second-order valence-electron chi connectivity index (χ2n) is 6.43. The lowest BCUT2D eigenvalue weighted by Gasteiger charge is -2.28. The van der Waals surface area contributed by atoms with Crippen molar-refractivity contribution in [1.29, 1.82) is 0 Å². The fraction of sp³-hybridized carbons (Fsp3) is 0.667. The summed E-state index contributed by atoms with van der Waals surface area (Å²) in [7, 11) is 0. The van der Waals surface area contributed by atoms with E-state index in [9.17, 15) is 14.4 Å². The molecule has 6 nitrogen and oxygen atoms in total. The summed E-state index contributed by atoms with van der Waals surface area (Å²) >= 11 is 0. The first-order valence-corrected chi connectivity index (χ1v) is 7.62. The van der Waals surface area contributed by atoms with Crippen LogP contribution in [0.15, 0.2) is 21.9 Å². The summed E-state index contributed by atoms with van der Waals surface area (Å²) in [4.78, 5) is 36.7. The maximum atomic E-state index is 12.1. The molecule has 2 fully saturated rings. The Hall–Kier alpha value is -1.85. The molecule has 2 N–H and O–H groups in total. The molecule has 0 aromatic carbocycles. The van der Waals surface area contributed by atoms with Gasteiger partial charge in [-0.25, -0.2) is 4.79 Å². The highest BCUT2D eigenvalue weighted by atomic mass is 16.2. The SMILES string of the molecule is CC(NC(=O)Cn1ccc(=O)[nH]c1=O)C1CC2CCC1C2. The minimum atomic E-state index is -0.551. The zero-order chi connectivity index (χ0) is 15.0. The number of carbonyl (C=O) groups is 1. The molecule has 6 heteroatoms. The lowest BCUT2D eigenvalue weighted by molar-refractivity contribution is -0.122. The fourth-order valence-corrected chi connectivity index (χ4v) is 4.04. The number of H-pyrrole nitrogens is 1. The van der Waals surface area contributed by atoms with Gasteiger partial charge in [0.1, 0.15) is 6.54 Å². The van der Waals surface area contributed by atoms with Crippen LogP contribution in [0.1, 0.15) is 32.6 Å². The molecule has 0 radical (unpaired) electrons. The van der Waals surface area contributed by atoms with Crippen molar-refractivity contribution in [1.82, 2.24) is 14.9 Å². The second kappa shape index (κ2) is 5.50. The molecule has 2 saturated carbocycles. The van der Waals surface area contributed by atoms with E-state index in [1.165, 1.54) is 42.5 Å². The summed E-state index contributed by atoms with van der Waals surface area (Å²) in [6.07, 6.45) is 6.50. The predicted octanol–water partition coefficient (Wildman–Crippen LogP) is 0.477. The topological polar surface area (TPSA) is 84.0 Å². The third-order valence-electron chi connectivity index (χ3n) is 5.03. The van der Waals surface area contributed by atoms with Crippen LogP contribution in [0.4, 0.5) is 0 Å². The van der Waals surface area contributed by atoms with Crippen molar-refractivity contribution in [2.75, 3.05) is 0 Å². The van der Waals surface area contributed by atoms with Gasteiger partial charge in [0.05, 0.1) is 0 Å². The number of rotatable bonds is 4. The normalized spacial score (nSPS) is 28.5. The van der Waals surface area contributed by atoms with E-state index < -0.39 is 11.2 Å².